The van der Waals surface area contributed by atoms with Crippen molar-refractivity contribution >= 4 is 23.0 Å². The van der Waals surface area contributed by atoms with Crippen LogP contribution in [0.2, 0.25) is 5.02 Å². The molecule has 0 radical (unpaired) electrons. The second-order valence-corrected chi connectivity index (χ2v) is 6.64. The Hall–Kier alpha value is -2.01. The van der Waals surface area contributed by atoms with Gasteiger partial charge in [0, 0.05) is 26.0 Å². The van der Waals surface area contributed by atoms with E-state index in [2.05, 4.69) is 0 Å². The van der Waals surface area contributed by atoms with Gasteiger partial charge in [0.15, 0.2) is 0 Å². The maximum atomic E-state index is 11.4. The van der Waals surface area contributed by atoms with Gasteiger partial charge in [0.2, 0.25) is 5.69 Å². The van der Waals surface area contributed by atoms with Crippen LogP contribution in [0, 0.1) is 27.3 Å². The molecule has 9 nitrogen and oxygen atoms in total. The molecule has 2 rings (SSSR count). The quantitative estimate of drug-likeness (QED) is 0.338. The number of anilines is 1. The smallest absolute Gasteiger partial charge is 0.342 e. The molecule has 0 fully saturated rings. The van der Waals surface area contributed by atoms with Gasteiger partial charge < -0.3 is 4.90 Å². The van der Waals surface area contributed by atoms with Gasteiger partial charge in [0.1, 0.15) is 12.7 Å². The van der Waals surface area contributed by atoms with E-state index < -0.39 is 10.2 Å². The molecule has 26 heavy (non-hydrogen) atoms. The van der Waals surface area contributed by atoms with Crippen molar-refractivity contribution in [3.05, 3.63) is 51.2 Å². The van der Waals surface area contributed by atoms with Gasteiger partial charge in [-0.05, 0) is 24.3 Å². The van der Waals surface area contributed by atoms with Crippen LogP contribution in [0.4, 0.5) is 11.4 Å². The number of rotatable bonds is 3. The molecule has 11 heteroatoms. The maximum Gasteiger partial charge on any atom is 0.342 e. The van der Waals surface area contributed by atoms with Gasteiger partial charge >= 0.3 is 5.69 Å². The van der Waals surface area contributed by atoms with Crippen LogP contribution < -0.4 is 28.1 Å². The highest BCUT2D eigenvalue weighted by Crippen LogP contribution is 2.31. The van der Waals surface area contributed by atoms with E-state index in [4.69, 9.17) is 30.2 Å². The summed E-state index contributed by atoms with van der Waals surface area (Å²) in [5, 5.41) is 12.1. The topological polar surface area (TPSA) is 142 Å². The largest absolute Gasteiger partial charge is 0.372 e. The van der Waals surface area contributed by atoms with Crippen LogP contribution in [-0.2, 0) is 7.05 Å². The Balaban J connectivity index is 0.000000597. The minimum Gasteiger partial charge on any atom is -0.372 e. The van der Waals surface area contributed by atoms with E-state index in [0.717, 1.165) is 16.9 Å². The number of hydrogen-bond donors (Lipinski definition) is 0. The molecule has 0 saturated heterocycles. The lowest BCUT2D eigenvalue weighted by Crippen LogP contribution is -2.68. The van der Waals surface area contributed by atoms with Gasteiger partial charge in [0.25, 0.3) is 5.69 Å². The lowest BCUT2D eigenvalue weighted by molar-refractivity contribution is -2.00. The summed E-state index contributed by atoms with van der Waals surface area (Å²) in [6, 6.07) is 8.66. The molecule has 142 valence electrons. The highest BCUT2D eigenvalue weighted by Gasteiger charge is 2.30. The molecule has 0 aliphatic rings. The normalized spacial score (nSPS) is 10.8. The van der Waals surface area contributed by atoms with Crippen LogP contribution in [0.5, 0.6) is 0 Å². The fraction of sp³-hybridized carbons (Fsp3) is 0.267. The third kappa shape index (κ3) is 6.06. The maximum absolute atomic E-state index is 11.4. The minimum absolute atomic E-state index is 0.0779. The van der Waals surface area contributed by atoms with Gasteiger partial charge in [-0.25, -0.2) is 18.6 Å². The molecule has 0 N–H and O–H groups in total. The highest BCUT2D eigenvalue weighted by molar-refractivity contribution is 6.30. The predicted molar refractivity (Wildman–Crippen MR) is 83.8 cm³/mol. The first kappa shape index (κ1) is 22.0. The van der Waals surface area contributed by atoms with E-state index in [1.54, 1.807) is 30.3 Å². The van der Waals surface area contributed by atoms with E-state index >= 15 is 0 Å². The number of hydrogen-bond acceptors (Lipinski definition) is 7. The van der Waals surface area contributed by atoms with Crippen LogP contribution in [0.25, 0.3) is 11.3 Å². The average molecular weight is 406 g/mol. The Labute approximate surface area is 157 Å². The molecule has 0 atom stereocenters. The van der Waals surface area contributed by atoms with Gasteiger partial charge in [-0.1, -0.05) is 11.6 Å². The standard InChI is InChI=1S/C15H17ClN3O2.ClHO4/c1-10-13(17(2)3)9-14(19(20)21)15(18(10)4)11-5-7-12(16)8-6-11;2-1(3,4)5/h5-9H,1-4H3;(H,2,3,4,5)/q+1;/p-1. The molecule has 0 saturated carbocycles. The van der Waals surface area contributed by atoms with Crippen molar-refractivity contribution in [1.29, 1.82) is 0 Å². The summed E-state index contributed by atoms with van der Waals surface area (Å²) in [5.41, 5.74) is 3.19. The zero-order valence-corrected chi connectivity index (χ0v) is 15.9. The zero-order valence-electron chi connectivity index (χ0n) is 14.4. The van der Waals surface area contributed by atoms with E-state index in [9.17, 15) is 10.1 Å². The molecular formula is C15H17Cl2N3O6. The second-order valence-electron chi connectivity index (χ2n) is 5.44. The zero-order chi connectivity index (χ0) is 20.2. The van der Waals surface area contributed by atoms with Gasteiger partial charge in [0.05, 0.1) is 16.6 Å². The molecule has 0 amide bonds. The first-order valence-electron chi connectivity index (χ1n) is 7.06. The fourth-order valence-corrected chi connectivity index (χ4v) is 2.48. The Morgan fingerprint density at radius 2 is 1.58 bits per heavy atom. The van der Waals surface area contributed by atoms with Gasteiger partial charge in [-0.2, -0.15) is 4.57 Å². The molecule has 1 aromatic carbocycles. The fourth-order valence-electron chi connectivity index (χ4n) is 2.35. The molecule has 2 aromatic rings. The Morgan fingerprint density at radius 1 is 1.12 bits per heavy atom. The molecule has 1 aromatic heterocycles. The highest BCUT2D eigenvalue weighted by atomic mass is 35.7. The number of aromatic nitrogens is 1. The summed E-state index contributed by atoms with van der Waals surface area (Å²) in [5.74, 6) is 0. The van der Waals surface area contributed by atoms with Crippen molar-refractivity contribution in [2.45, 2.75) is 6.92 Å². The summed E-state index contributed by atoms with van der Waals surface area (Å²) < 4.78 is 35.8. The SMILES string of the molecule is Cc1c(N(C)C)cc([N+](=O)[O-])c(-c2ccc(Cl)cc2)[n+]1C.[O-][Cl+3]([O-])([O-])[O-]. The van der Waals surface area contributed by atoms with Crippen LogP contribution in [0.15, 0.2) is 30.3 Å². The van der Waals surface area contributed by atoms with Crippen molar-refractivity contribution < 1.29 is 38.4 Å². The summed E-state index contributed by atoms with van der Waals surface area (Å²) >= 11 is 5.89. The van der Waals surface area contributed by atoms with Gasteiger partial charge in [-0.15, -0.1) is 10.2 Å². The molecule has 0 spiro atoms. The molecular weight excluding hydrogens is 389 g/mol. The Morgan fingerprint density at radius 3 is 1.96 bits per heavy atom. The molecule has 0 unspecified atom stereocenters. The van der Waals surface area contributed by atoms with E-state index in [-0.39, 0.29) is 10.6 Å². The number of halogens is 2. The third-order valence-electron chi connectivity index (χ3n) is 3.52. The molecule has 0 aliphatic carbocycles. The molecule has 1 heterocycles. The lowest BCUT2D eigenvalue weighted by Gasteiger charge is -2.17. The molecule has 0 bridgehead atoms. The second kappa shape index (κ2) is 8.58. The number of nitro groups is 1. The van der Waals surface area contributed by atoms with Crippen molar-refractivity contribution in [3.63, 3.8) is 0 Å². The van der Waals surface area contributed by atoms with Crippen molar-refractivity contribution in [2.24, 2.45) is 7.05 Å². The Kier molecular flexibility index (Phi) is 7.27. The number of benzene rings is 1. The van der Waals surface area contributed by atoms with E-state index in [1.165, 1.54) is 0 Å². The van der Waals surface area contributed by atoms with Crippen molar-refractivity contribution in [1.82, 2.24) is 0 Å². The average Bonchev–Trinajstić information content (AvgIpc) is 2.48. The summed E-state index contributed by atoms with van der Waals surface area (Å²) in [6.07, 6.45) is 0. The van der Waals surface area contributed by atoms with Crippen LogP contribution in [0.1, 0.15) is 5.69 Å². The number of nitrogens with zero attached hydrogens (tertiary/aromatic N) is 3. The van der Waals surface area contributed by atoms with Crippen molar-refractivity contribution in [3.8, 4) is 11.3 Å². The van der Waals surface area contributed by atoms with Gasteiger partial charge in [-0.3, -0.25) is 10.1 Å². The first-order chi connectivity index (χ1) is 11.8. The number of pyridine rings is 1. The lowest BCUT2D eigenvalue weighted by atomic mass is 10.1. The van der Waals surface area contributed by atoms with Crippen LogP contribution >= 0.6 is 11.6 Å². The third-order valence-corrected chi connectivity index (χ3v) is 3.77. The van der Waals surface area contributed by atoms with E-state index in [0.29, 0.717) is 10.7 Å². The Bertz CT molecular complexity index is 785. The van der Waals surface area contributed by atoms with Crippen LogP contribution in [0.3, 0.4) is 0 Å². The summed E-state index contributed by atoms with van der Waals surface area (Å²) in [7, 11) is 0.626. The summed E-state index contributed by atoms with van der Waals surface area (Å²) in [6.45, 7) is 1.94. The van der Waals surface area contributed by atoms with Crippen molar-refractivity contribution in [2.75, 3.05) is 19.0 Å². The minimum atomic E-state index is -4.94. The monoisotopic (exact) mass is 405 g/mol. The first-order valence-corrected chi connectivity index (χ1v) is 8.67. The molecule has 0 aliphatic heterocycles. The van der Waals surface area contributed by atoms with E-state index in [1.807, 2.05) is 37.5 Å². The predicted octanol–water partition coefficient (Wildman–Crippen LogP) is -1.64. The summed E-state index contributed by atoms with van der Waals surface area (Å²) in [4.78, 5) is 13.0. The van der Waals surface area contributed by atoms with Crippen LogP contribution in [-0.4, -0.2) is 19.0 Å².